The minimum Gasteiger partial charge on any atom is -0.179 e. The molecule has 0 aromatic carbocycles. The Labute approximate surface area is 101 Å². The van der Waals surface area contributed by atoms with Gasteiger partial charge < -0.3 is 0 Å². The van der Waals surface area contributed by atoms with Crippen LogP contribution in [-0.4, -0.2) is 5.75 Å². The van der Waals surface area contributed by atoms with Crippen LogP contribution in [0.2, 0.25) is 0 Å². The summed E-state index contributed by atoms with van der Waals surface area (Å²) in [5.41, 5.74) is 0.744. The summed E-state index contributed by atoms with van der Waals surface area (Å²) in [5, 5.41) is 0. The summed E-state index contributed by atoms with van der Waals surface area (Å²) in [6.45, 7) is 0. The largest absolute Gasteiger partial charge is 0.179 e. The molecule has 0 aromatic heterocycles. The van der Waals surface area contributed by atoms with Gasteiger partial charge in [-0.15, -0.1) is 0 Å². The Morgan fingerprint density at radius 3 is 1.93 bits per heavy atom. The van der Waals surface area contributed by atoms with Crippen molar-refractivity contribution in [3.8, 4) is 0 Å². The third-order valence-corrected chi connectivity index (χ3v) is 5.14. The van der Waals surface area contributed by atoms with Crippen LogP contribution >= 0.6 is 12.6 Å². The summed E-state index contributed by atoms with van der Waals surface area (Å²) < 4.78 is 0. The van der Waals surface area contributed by atoms with E-state index in [1.54, 1.807) is 0 Å². The lowest BCUT2D eigenvalue weighted by Gasteiger charge is -2.40. The Balaban J connectivity index is 1.98. The van der Waals surface area contributed by atoms with Gasteiger partial charge in [-0.25, -0.2) is 0 Å². The monoisotopic (exact) mass is 226 g/mol. The SMILES string of the molecule is SCCCC12CCCC(CCC1)CCC2. The van der Waals surface area contributed by atoms with Crippen molar-refractivity contribution >= 4 is 12.6 Å². The van der Waals surface area contributed by atoms with Gasteiger partial charge in [0.2, 0.25) is 0 Å². The summed E-state index contributed by atoms with van der Waals surface area (Å²) in [6, 6.07) is 0. The van der Waals surface area contributed by atoms with Crippen molar-refractivity contribution in [2.75, 3.05) is 5.75 Å². The van der Waals surface area contributed by atoms with Gasteiger partial charge in [0.1, 0.15) is 0 Å². The highest BCUT2D eigenvalue weighted by Gasteiger charge is 2.32. The van der Waals surface area contributed by atoms with Gasteiger partial charge in [0, 0.05) is 0 Å². The van der Waals surface area contributed by atoms with E-state index in [1.165, 1.54) is 70.6 Å². The van der Waals surface area contributed by atoms with Gasteiger partial charge in [0.05, 0.1) is 0 Å². The number of fused-ring (bicyclic) bond motifs is 6. The van der Waals surface area contributed by atoms with Crippen molar-refractivity contribution in [3.63, 3.8) is 0 Å². The molecule has 0 saturated heterocycles. The van der Waals surface area contributed by atoms with Crippen LogP contribution in [0.15, 0.2) is 0 Å². The molecule has 0 aliphatic heterocycles. The van der Waals surface area contributed by atoms with Crippen LogP contribution in [0.25, 0.3) is 0 Å². The van der Waals surface area contributed by atoms with Crippen molar-refractivity contribution in [3.05, 3.63) is 0 Å². The average molecular weight is 226 g/mol. The van der Waals surface area contributed by atoms with Crippen LogP contribution in [0, 0.1) is 11.3 Å². The second-order valence-electron chi connectivity index (χ2n) is 5.87. The van der Waals surface area contributed by atoms with Gasteiger partial charge in [0.15, 0.2) is 0 Å². The Hall–Kier alpha value is 0.350. The minimum atomic E-state index is 0.744. The van der Waals surface area contributed by atoms with Gasteiger partial charge in [-0.3, -0.25) is 0 Å². The van der Waals surface area contributed by atoms with Gasteiger partial charge in [-0.05, 0) is 49.2 Å². The molecule has 3 aliphatic carbocycles. The lowest BCUT2D eigenvalue weighted by Crippen LogP contribution is -2.26. The molecule has 0 nitrogen and oxygen atoms in total. The summed E-state index contributed by atoms with van der Waals surface area (Å²) in [5.74, 6) is 2.18. The molecular formula is C14H26S. The molecule has 3 aliphatic rings. The zero-order valence-corrected chi connectivity index (χ0v) is 10.9. The predicted molar refractivity (Wildman–Crippen MR) is 70.6 cm³/mol. The number of hydrogen-bond donors (Lipinski definition) is 1. The maximum absolute atomic E-state index is 4.38. The van der Waals surface area contributed by atoms with E-state index in [4.69, 9.17) is 0 Å². The zero-order valence-electron chi connectivity index (χ0n) is 10.0. The average Bonchev–Trinajstić information content (AvgIpc) is 2.14. The Morgan fingerprint density at radius 2 is 1.47 bits per heavy atom. The summed E-state index contributed by atoms with van der Waals surface area (Å²) >= 11 is 4.38. The quantitative estimate of drug-likeness (QED) is 0.654. The first-order valence-corrected chi connectivity index (χ1v) is 7.59. The predicted octanol–water partition coefficient (Wildman–Crippen LogP) is 4.84. The first-order valence-electron chi connectivity index (χ1n) is 6.96. The second-order valence-corrected chi connectivity index (χ2v) is 6.32. The highest BCUT2D eigenvalue weighted by Crippen LogP contribution is 2.46. The van der Waals surface area contributed by atoms with E-state index in [0.29, 0.717) is 0 Å². The van der Waals surface area contributed by atoms with Gasteiger partial charge >= 0.3 is 0 Å². The maximum atomic E-state index is 4.38. The summed E-state index contributed by atoms with van der Waals surface area (Å²) in [7, 11) is 0. The lowest BCUT2D eigenvalue weighted by atomic mass is 9.66. The molecule has 15 heavy (non-hydrogen) atoms. The third kappa shape index (κ3) is 3.15. The van der Waals surface area contributed by atoms with E-state index in [-0.39, 0.29) is 0 Å². The lowest BCUT2D eigenvalue weighted by molar-refractivity contribution is 0.126. The van der Waals surface area contributed by atoms with E-state index >= 15 is 0 Å². The Bertz CT molecular complexity index is 155. The molecule has 0 spiro atoms. The van der Waals surface area contributed by atoms with E-state index < -0.39 is 0 Å². The second kappa shape index (κ2) is 5.61. The molecule has 0 aromatic rings. The molecule has 0 radical (unpaired) electrons. The van der Waals surface area contributed by atoms with Crippen LogP contribution in [0.5, 0.6) is 0 Å². The van der Waals surface area contributed by atoms with Crippen LogP contribution in [0.1, 0.15) is 70.6 Å². The van der Waals surface area contributed by atoms with Crippen molar-refractivity contribution in [1.29, 1.82) is 0 Å². The minimum absolute atomic E-state index is 0.744. The highest BCUT2D eigenvalue weighted by molar-refractivity contribution is 7.80. The van der Waals surface area contributed by atoms with Gasteiger partial charge in [-0.1, -0.05) is 38.5 Å². The molecule has 0 unspecified atom stereocenters. The smallest absolute Gasteiger partial charge is 0.00977 e. The normalized spacial score (nSPS) is 37.0. The van der Waals surface area contributed by atoms with Crippen LogP contribution in [0.4, 0.5) is 0 Å². The first-order chi connectivity index (χ1) is 7.35. The Kier molecular flexibility index (Phi) is 4.42. The molecule has 3 saturated carbocycles. The van der Waals surface area contributed by atoms with Gasteiger partial charge in [-0.2, -0.15) is 12.6 Å². The fraction of sp³-hybridized carbons (Fsp3) is 1.00. The fourth-order valence-corrected chi connectivity index (χ4v) is 4.09. The van der Waals surface area contributed by atoms with Crippen molar-refractivity contribution in [2.24, 2.45) is 11.3 Å². The molecule has 0 amide bonds. The summed E-state index contributed by atoms with van der Waals surface area (Å²) in [6.07, 6.45) is 16.5. The Morgan fingerprint density at radius 1 is 0.933 bits per heavy atom. The van der Waals surface area contributed by atoms with E-state index in [9.17, 15) is 0 Å². The van der Waals surface area contributed by atoms with E-state index in [0.717, 1.165) is 17.1 Å². The topological polar surface area (TPSA) is 0 Å². The standard InChI is InChI=1S/C14H26S/c15-12-4-11-14-8-1-5-13(6-2-9-14)7-3-10-14/h13,15H,1-12H2. The molecule has 2 bridgehead atoms. The molecule has 0 heterocycles. The first kappa shape index (κ1) is 11.8. The van der Waals surface area contributed by atoms with Crippen LogP contribution in [0.3, 0.4) is 0 Å². The third-order valence-electron chi connectivity index (χ3n) is 4.82. The maximum Gasteiger partial charge on any atom is -0.00977 e. The van der Waals surface area contributed by atoms with E-state index in [1.807, 2.05) is 0 Å². The molecule has 1 heteroatoms. The molecule has 0 N–H and O–H groups in total. The van der Waals surface area contributed by atoms with Crippen LogP contribution < -0.4 is 0 Å². The summed E-state index contributed by atoms with van der Waals surface area (Å²) in [4.78, 5) is 0. The fourth-order valence-electron chi connectivity index (χ4n) is 3.93. The molecule has 0 atom stereocenters. The number of rotatable bonds is 3. The molecule has 3 fully saturated rings. The number of thiol groups is 1. The molecular weight excluding hydrogens is 200 g/mol. The number of hydrogen-bond acceptors (Lipinski definition) is 1. The van der Waals surface area contributed by atoms with Crippen LogP contribution in [-0.2, 0) is 0 Å². The van der Waals surface area contributed by atoms with Gasteiger partial charge in [0.25, 0.3) is 0 Å². The van der Waals surface area contributed by atoms with Crippen molar-refractivity contribution in [2.45, 2.75) is 70.6 Å². The highest BCUT2D eigenvalue weighted by atomic mass is 32.1. The molecule has 3 rings (SSSR count). The van der Waals surface area contributed by atoms with Crippen molar-refractivity contribution < 1.29 is 0 Å². The van der Waals surface area contributed by atoms with E-state index in [2.05, 4.69) is 12.6 Å². The molecule has 88 valence electrons. The zero-order chi connectivity index (χ0) is 10.6. The van der Waals surface area contributed by atoms with Crippen molar-refractivity contribution in [1.82, 2.24) is 0 Å².